The highest BCUT2D eigenvalue weighted by molar-refractivity contribution is 5.98. The number of benzene rings is 1. The first-order valence-electron chi connectivity index (χ1n) is 9.06. The molecular weight excluding hydrogens is 328 g/mol. The number of Topliss-reactive ketones (excluding diaryl/α,β-unsaturated/α-hetero) is 1. The van der Waals surface area contributed by atoms with Crippen LogP contribution in [0.2, 0.25) is 0 Å². The molecule has 0 bridgehead atoms. The van der Waals surface area contributed by atoms with Crippen molar-refractivity contribution < 1.29 is 14.6 Å². The fraction of sp³-hybridized carbons (Fsp3) is 0.429. The molecule has 2 aliphatic rings. The molecule has 1 fully saturated rings. The molecule has 5 heteroatoms. The van der Waals surface area contributed by atoms with Gasteiger partial charge in [0.05, 0.1) is 19.1 Å². The van der Waals surface area contributed by atoms with Gasteiger partial charge in [-0.05, 0) is 48.4 Å². The van der Waals surface area contributed by atoms with Crippen molar-refractivity contribution in [2.75, 3.05) is 7.11 Å². The molecule has 0 saturated heterocycles. The quantitative estimate of drug-likeness (QED) is 0.665. The van der Waals surface area contributed by atoms with Crippen molar-refractivity contribution in [1.29, 1.82) is 0 Å². The van der Waals surface area contributed by atoms with Gasteiger partial charge in [0.2, 0.25) is 0 Å². The molecule has 4 rings (SSSR count). The number of allylic oxidation sites excluding steroid dienone is 1. The van der Waals surface area contributed by atoms with E-state index in [1.807, 2.05) is 36.9 Å². The van der Waals surface area contributed by atoms with Crippen LogP contribution in [0, 0.1) is 11.8 Å². The highest BCUT2D eigenvalue weighted by Crippen LogP contribution is 2.56. The minimum absolute atomic E-state index is 0.0513. The summed E-state index contributed by atoms with van der Waals surface area (Å²) in [6.07, 6.45) is 5.40. The van der Waals surface area contributed by atoms with E-state index in [1.165, 1.54) is 5.56 Å². The van der Waals surface area contributed by atoms with Crippen LogP contribution in [0.15, 0.2) is 42.3 Å². The van der Waals surface area contributed by atoms with E-state index in [4.69, 9.17) is 9.84 Å². The number of aliphatic hydroxyl groups excluding tert-OH is 1. The smallest absolute Gasteiger partial charge is 0.165 e. The number of rotatable bonds is 2. The molecule has 2 aliphatic carbocycles. The van der Waals surface area contributed by atoms with Gasteiger partial charge in [-0.15, -0.1) is 0 Å². The topological polar surface area (TPSA) is 64.3 Å². The van der Waals surface area contributed by atoms with Crippen molar-refractivity contribution >= 4 is 5.78 Å². The maximum absolute atomic E-state index is 12.7. The summed E-state index contributed by atoms with van der Waals surface area (Å²) >= 11 is 0. The van der Waals surface area contributed by atoms with Gasteiger partial charge < -0.3 is 9.84 Å². The van der Waals surface area contributed by atoms with Gasteiger partial charge in [0.15, 0.2) is 5.78 Å². The van der Waals surface area contributed by atoms with Crippen LogP contribution in [-0.2, 0) is 23.7 Å². The predicted octanol–water partition coefficient (Wildman–Crippen LogP) is 3.33. The number of fused-ring (bicyclic) bond motifs is 3. The van der Waals surface area contributed by atoms with Crippen molar-refractivity contribution in [3.05, 3.63) is 59.1 Å². The molecule has 2 aromatic rings. The Kier molecular flexibility index (Phi) is 3.90. The summed E-state index contributed by atoms with van der Waals surface area (Å²) in [5.74, 6) is 0.824. The second-order valence-corrected chi connectivity index (χ2v) is 7.51. The average Bonchev–Trinajstić information content (AvgIpc) is 3.05. The fourth-order valence-corrected chi connectivity index (χ4v) is 5.05. The van der Waals surface area contributed by atoms with E-state index in [0.29, 0.717) is 12.0 Å². The number of hydrogen-bond donors (Lipinski definition) is 1. The molecule has 1 heterocycles. The third kappa shape index (κ3) is 2.23. The molecular formula is C21H24N2O3. The Morgan fingerprint density at radius 1 is 1.42 bits per heavy atom. The van der Waals surface area contributed by atoms with Crippen LogP contribution in [-0.4, -0.2) is 27.8 Å². The van der Waals surface area contributed by atoms with E-state index in [9.17, 15) is 9.90 Å². The molecule has 26 heavy (non-hydrogen) atoms. The van der Waals surface area contributed by atoms with Crippen molar-refractivity contribution in [2.45, 2.75) is 31.6 Å². The first-order valence-corrected chi connectivity index (χ1v) is 9.06. The third-order valence-corrected chi connectivity index (χ3v) is 6.23. The molecule has 1 saturated carbocycles. The Bertz CT molecular complexity index is 898. The second-order valence-electron chi connectivity index (χ2n) is 7.51. The lowest BCUT2D eigenvalue weighted by Gasteiger charge is -2.49. The lowest BCUT2D eigenvalue weighted by Crippen LogP contribution is -2.50. The van der Waals surface area contributed by atoms with Crippen LogP contribution in [0.3, 0.4) is 0 Å². The van der Waals surface area contributed by atoms with E-state index < -0.39 is 5.41 Å². The molecule has 0 aliphatic heterocycles. The van der Waals surface area contributed by atoms with Crippen LogP contribution in [0.25, 0.3) is 0 Å². The maximum Gasteiger partial charge on any atom is 0.165 e. The van der Waals surface area contributed by atoms with Gasteiger partial charge in [0, 0.05) is 30.2 Å². The zero-order chi connectivity index (χ0) is 18.5. The SMILES string of the molecule is COc1cccc(C23CC(=CO)C(=O)C(C)C2CCc2cn(C)nc23)c1. The van der Waals surface area contributed by atoms with Crippen LogP contribution in [0.1, 0.15) is 36.6 Å². The molecule has 5 nitrogen and oxygen atoms in total. The van der Waals surface area contributed by atoms with Gasteiger partial charge in [0.25, 0.3) is 0 Å². The summed E-state index contributed by atoms with van der Waals surface area (Å²) in [4.78, 5) is 12.7. The van der Waals surface area contributed by atoms with Crippen LogP contribution >= 0.6 is 0 Å². The number of hydrogen-bond acceptors (Lipinski definition) is 4. The number of nitrogens with zero attached hydrogens (tertiary/aromatic N) is 2. The van der Waals surface area contributed by atoms with Gasteiger partial charge >= 0.3 is 0 Å². The van der Waals surface area contributed by atoms with Crippen LogP contribution in [0.5, 0.6) is 5.75 Å². The van der Waals surface area contributed by atoms with Crippen molar-refractivity contribution in [3.8, 4) is 5.75 Å². The van der Waals surface area contributed by atoms with Crippen molar-refractivity contribution in [2.24, 2.45) is 18.9 Å². The number of aliphatic hydroxyl groups is 1. The standard InChI is InChI=1S/C21H24N2O3/c1-13-18-8-7-14-11-23(2)22-20(14)21(18,10-15(12-24)19(13)25)16-5-4-6-17(9-16)26-3/h4-6,9,11-13,18,24H,7-8,10H2,1-3H3. The van der Waals surface area contributed by atoms with E-state index in [2.05, 4.69) is 12.3 Å². The number of ketones is 1. The van der Waals surface area contributed by atoms with E-state index in [0.717, 1.165) is 36.1 Å². The Labute approximate surface area is 153 Å². The predicted molar refractivity (Wildman–Crippen MR) is 98.3 cm³/mol. The Balaban J connectivity index is 2.01. The van der Waals surface area contributed by atoms with E-state index >= 15 is 0 Å². The largest absolute Gasteiger partial charge is 0.515 e. The molecule has 1 aromatic carbocycles. The first kappa shape index (κ1) is 16.9. The van der Waals surface area contributed by atoms with Gasteiger partial charge in [0.1, 0.15) is 5.75 Å². The zero-order valence-corrected chi connectivity index (χ0v) is 15.4. The number of carbonyl (C=O) groups is 1. The van der Waals surface area contributed by atoms with Gasteiger partial charge in [-0.25, -0.2) is 0 Å². The summed E-state index contributed by atoms with van der Waals surface area (Å²) in [6.45, 7) is 1.98. The highest BCUT2D eigenvalue weighted by Gasteiger charge is 2.55. The monoisotopic (exact) mass is 352 g/mol. The first-order chi connectivity index (χ1) is 12.5. The van der Waals surface area contributed by atoms with Crippen LogP contribution < -0.4 is 4.74 Å². The maximum atomic E-state index is 12.7. The molecule has 0 radical (unpaired) electrons. The molecule has 1 N–H and O–H groups in total. The number of carbonyl (C=O) groups excluding carboxylic acids is 1. The lowest BCUT2D eigenvalue weighted by molar-refractivity contribution is -0.123. The van der Waals surface area contributed by atoms with Gasteiger partial charge in [-0.3, -0.25) is 9.48 Å². The van der Waals surface area contributed by atoms with Crippen molar-refractivity contribution in [1.82, 2.24) is 9.78 Å². The third-order valence-electron chi connectivity index (χ3n) is 6.23. The number of aromatic nitrogens is 2. The minimum Gasteiger partial charge on any atom is -0.515 e. The van der Waals surface area contributed by atoms with E-state index in [1.54, 1.807) is 7.11 Å². The van der Waals surface area contributed by atoms with Gasteiger partial charge in [-0.1, -0.05) is 19.1 Å². The molecule has 1 aromatic heterocycles. The molecule has 0 spiro atoms. The average molecular weight is 352 g/mol. The van der Waals surface area contributed by atoms with Crippen LogP contribution in [0.4, 0.5) is 0 Å². The molecule has 136 valence electrons. The normalized spacial score (nSPS) is 29.3. The zero-order valence-electron chi connectivity index (χ0n) is 15.4. The number of methoxy groups -OCH3 is 1. The lowest BCUT2D eigenvalue weighted by atomic mass is 9.52. The fourth-order valence-electron chi connectivity index (χ4n) is 5.05. The summed E-state index contributed by atoms with van der Waals surface area (Å²) in [7, 11) is 3.60. The Hall–Kier alpha value is -2.56. The number of ether oxygens (including phenoxy) is 1. The van der Waals surface area contributed by atoms with Gasteiger partial charge in [-0.2, -0.15) is 5.10 Å². The van der Waals surface area contributed by atoms with E-state index in [-0.39, 0.29) is 17.6 Å². The Morgan fingerprint density at radius 2 is 2.23 bits per heavy atom. The number of aryl methyl sites for hydroxylation is 2. The minimum atomic E-state index is -0.425. The molecule has 3 unspecified atom stereocenters. The summed E-state index contributed by atoms with van der Waals surface area (Å²) in [5.41, 5.74) is 3.41. The summed E-state index contributed by atoms with van der Waals surface area (Å²) in [6, 6.07) is 8.06. The summed E-state index contributed by atoms with van der Waals surface area (Å²) < 4.78 is 7.32. The molecule has 3 atom stereocenters. The summed E-state index contributed by atoms with van der Waals surface area (Å²) in [5, 5.41) is 14.6. The second kappa shape index (κ2) is 6.01. The van der Waals surface area contributed by atoms with Crippen molar-refractivity contribution in [3.63, 3.8) is 0 Å². The Morgan fingerprint density at radius 3 is 2.96 bits per heavy atom. The molecule has 0 amide bonds. The highest BCUT2D eigenvalue weighted by atomic mass is 16.5.